The van der Waals surface area contributed by atoms with Gasteiger partial charge in [-0.15, -0.1) is 0 Å². The lowest BCUT2D eigenvalue weighted by Crippen LogP contribution is -2.33. The molecule has 0 N–H and O–H groups in total. The second-order valence-electron chi connectivity index (χ2n) is 6.25. The second-order valence-corrected chi connectivity index (χ2v) is 8.56. The topological polar surface area (TPSA) is 63.7 Å². The number of hydrogen-bond acceptors (Lipinski definition) is 4. The number of halogens is 1. The van der Waals surface area contributed by atoms with Crippen LogP contribution in [-0.2, 0) is 26.1 Å². The van der Waals surface area contributed by atoms with Gasteiger partial charge in [-0.3, -0.25) is 4.79 Å². The van der Waals surface area contributed by atoms with Crippen LogP contribution in [0.3, 0.4) is 0 Å². The molecule has 0 bridgehead atoms. The Morgan fingerprint density at radius 1 is 1.11 bits per heavy atom. The summed E-state index contributed by atoms with van der Waals surface area (Å²) in [6.07, 6.45) is -0.00841. The van der Waals surface area contributed by atoms with E-state index in [1.165, 1.54) is 4.31 Å². The Hall–Kier alpha value is -1.89. The Labute approximate surface area is 166 Å². The first-order chi connectivity index (χ1) is 12.8. The van der Waals surface area contributed by atoms with Gasteiger partial charge in [0.25, 0.3) is 0 Å². The molecule has 146 valence electrons. The van der Waals surface area contributed by atoms with Gasteiger partial charge in [0, 0.05) is 18.1 Å². The fourth-order valence-corrected chi connectivity index (χ4v) is 4.63. The number of hydrogen-bond donors (Lipinski definition) is 0. The quantitative estimate of drug-likeness (QED) is 0.615. The molecule has 2 rings (SSSR count). The maximum absolute atomic E-state index is 13.3. The Morgan fingerprint density at radius 2 is 1.78 bits per heavy atom. The van der Waals surface area contributed by atoms with Crippen molar-refractivity contribution >= 4 is 27.6 Å². The zero-order chi connectivity index (χ0) is 20.0. The predicted molar refractivity (Wildman–Crippen MR) is 106 cm³/mol. The summed E-state index contributed by atoms with van der Waals surface area (Å²) in [6.45, 7) is 5.67. The molecule has 0 radical (unpaired) electrons. The Bertz CT molecular complexity index is 898. The van der Waals surface area contributed by atoms with Crippen LogP contribution >= 0.6 is 11.6 Å². The predicted octanol–water partition coefficient (Wildman–Crippen LogP) is 4.10. The minimum Gasteiger partial charge on any atom is -0.466 e. The maximum atomic E-state index is 13.3. The highest BCUT2D eigenvalue weighted by atomic mass is 35.5. The van der Waals surface area contributed by atoms with Crippen molar-refractivity contribution in [2.24, 2.45) is 0 Å². The van der Waals surface area contributed by atoms with Crippen molar-refractivity contribution in [2.75, 3.05) is 13.2 Å². The van der Waals surface area contributed by atoms with E-state index in [4.69, 9.17) is 16.3 Å². The van der Waals surface area contributed by atoms with E-state index in [0.29, 0.717) is 16.1 Å². The smallest absolute Gasteiger partial charge is 0.307 e. The van der Waals surface area contributed by atoms with E-state index in [1.54, 1.807) is 32.9 Å². The average molecular weight is 410 g/mol. The molecule has 2 aromatic rings. The Balaban J connectivity index is 2.38. The van der Waals surface area contributed by atoms with Crippen molar-refractivity contribution < 1.29 is 17.9 Å². The molecular formula is C20H24ClNO4S. The Kier molecular flexibility index (Phi) is 7.41. The lowest BCUT2D eigenvalue weighted by atomic mass is 10.2. The van der Waals surface area contributed by atoms with E-state index in [0.717, 1.165) is 5.56 Å². The molecule has 0 fully saturated rings. The van der Waals surface area contributed by atoms with Crippen molar-refractivity contribution in [1.29, 1.82) is 0 Å². The van der Waals surface area contributed by atoms with Crippen molar-refractivity contribution in [1.82, 2.24) is 4.31 Å². The van der Waals surface area contributed by atoms with Crippen LogP contribution in [0.4, 0.5) is 0 Å². The lowest BCUT2D eigenvalue weighted by molar-refractivity contribution is -0.143. The summed E-state index contributed by atoms with van der Waals surface area (Å²) in [5.41, 5.74) is 2.10. The van der Waals surface area contributed by atoms with Crippen LogP contribution in [0.2, 0.25) is 5.02 Å². The zero-order valence-corrected chi connectivity index (χ0v) is 17.3. The zero-order valence-electron chi connectivity index (χ0n) is 15.7. The number of carbonyl (C=O) groups is 1. The first kappa shape index (κ1) is 21.4. The van der Waals surface area contributed by atoms with Crippen LogP contribution in [0.25, 0.3) is 0 Å². The van der Waals surface area contributed by atoms with Crippen molar-refractivity contribution in [2.45, 2.75) is 38.6 Å². The van der Waals surface area contributed by atoms with Gasteiger partial charge in [0.05, 0.1) is 17.9 Å². The summed E-state index contributed by atoms with van der Waals surface area (Å²) in [6, 6.07) is 12.5. The molecule has 0 aromatic heterocycles. The average Bonchev–Trinajstić information content (AvgIpc) is 2.62. The van der Waals surface area contributed by atoms with Crippen molar-refractivity contribution in [3.8, 4) is 0 Å². The summed E-state index contributed by atoms with van der Waals surface area (Å²) >= 11 is 6.11. The number of esters is 1. The minimum atomic E-state index is -3.81. The molecule has 0 aliphatic heterocycles. The third-order valence-electron chi connectivity index (χ3n) is 4.15. The Morgan fingerprint density at radius 3 is 2.41 bits per heavy atom. The largest absolute Gasteiger partial charge is 0.466 e. The molecule has 0 spiro atoms. The van der Waals surface area contributed by atoms with E-state index in [2.05, 4.69) is 0 Å². The molecule has 0 saturated heterocycles. The maximum Gasteiger partial charge on any atom is 0.307 e. The molecule has 0 heterocycles. The summed E-state index contributed by atoms with van der Waals surface area (Å²) in [4.78, 5) is 12.0. The molecule has 27 heavy (non-hydrogen) atoms. The number of sulfonamides is 1. The molecule has 0 aliphatic rings. The van der Waals surface area contributed by atoms with E-state index in [9.17, 15) is 13.2 Å². The monoisotopic (exact) mass is 409 g/mol. The van der Waals surface area contributed by atoms with Crippen LogP contribution in [0.15, 0.2) is 47.4 Å². The highest BCUT2D eigenvalue weighted by Gasteiger charge is 2.27. The van der Waals surface area contributed by atoms with Gasteiger partial charge >= 0.3 is 5.97 Å². The number of ether oxygens (including phenoxy) is 1. The summed E-state index contributed by atoms with van der Waals surface area (Å²) in [5.74, 6) is -0.422. The van der Waals surface area contributed by atoms with Gasteiger partial charge in [-0.25, -0.2) is 8.42 Å². The third-order valence-corrected chi connectivity index (χ3v) is 6.54. The molecule has 7 heteroatoms. The normalized spacial score (nSPS) is 11.6. The molecule has 0 amide bonds. The standard InChI is InChI=1S/C20H24ClNO4S/c1-4-26-20(23)10-11-22(14-17-8-6-5-7-9-17)27(24,25)19-13-15(2)18(21)12-16(19)3/h5-9,12-13H,4,10-11,14H2,1-3H3. The van der Waals surface area contributed by atoms with E-state index in [-0.39, 0.29) is 31.0 Å². The molecule has 0 aliphatic carbocycles. The van der Waals surface area contributed by atoms with Crippen molar-refractivity contribution in [3.05, 3.63) is 64.2 Å². The molecule has 0 saturated carbocycles. The molecule has 0 atom stereocenters. The molecular weight excluding hydrogens is 386 g/mol. The highest BCUT2D eigenvalue weighted by Crippen LogP contribution is 2.27. The molecule has 0 unspecified atom stereocenters. The van der Waals surface area contributed by atoms with Gasteiger partial charge in [0.15, 0.2) is 0 Å². The number of aryl methyl sites for hydroxylation is 2. The minimum absolute atomic E-state index is 0.00841. The van der Waals surface area contributed by atoms with Crippen LogP contribution in [0.5, 0.6) is 0 Å². The number of nitrogens with zero attached hydrogens (tertiary/aromatic N) is 1. The lowest BCUT2D eigenvalue weighted by Gasteiger charge is -2.23. The number of rotatable bonds is 8. The number of carbonyl (C=O) groups excluding carboxylic acids is 1. The van der Waals surface area contributed by atoms with Gasteiger partial charge in [0.1, 0.15) is 0 Å². The van der Waals surface area contributed by atoms with Gasteiger partial charge < -0.3 is 4.74 Å². The van der Waals surface area contributed by atoms with E-state index < -0.39 is 16.0 Å². The SMILES string of the molecule is CCOC(=O)CCN(Cc1ccccc1)S(=O)(=O)c1cc(C)c(Cl)cc1C. The summed E-state index contributed by atoms with van der Waals surface area (Å²) < 4.78 is 32.9. The molecule has 2 aromatic carbocycles. The van der Waals surface area contributed by atoms with Gasteiger partial charge in [0.2, 0.25) is 10.0 Å². The fraction of sp³-hybridized carbons (Fsp3) is 0.350. The first-order valence-electron chi connectivity index (χ1n) is 8.72. The fourth-order valence-electron chi connectivity index (χ4n) is 2.69. The van der Waals surface area contributed by atoms with Crippen LogP contribution < -0.4 is 0 Å². The van der Waals surface area contributed by atoms with Crippen LogP contribution in [-0.4, -0.2) is 31.8 Å². The van der Waals surface area contributed by atoms with Gasteiger partial charge in [-0.1, -0.05) is 41.9 Å². The molecule has 5 nitrogen and oxygen atoms in total. The van der Waals surface area contributed by atoms with E-state index in [1.807, 2.05) is 30.3 Å². The summed E-state index contributed by atoms with van der Waals surface area (Å²) in [5, 5.41) is 0.521. The second kappa shape index (κ2) is 9.35. The van der Waals surface area contributed by atoms with Crippen LogP contribution in [0, 0.1) is 13.8 Å². The van der Waals surface area contributed by atoms with Gasteiger partial charge in [-0.2, -0.15) is 4.31 Å². The highest BCUT2D eigenvalue weighted by molar-refractivity contribution is 7.89. The van der Waals surface area contributed by atoms with E-state index >= 15 is 0 Å². The third kappa shape index (κ3) is 5.54. The summed E-state index contributed by atoms with van der Waals surface area (Å²) in [7, 11) is -3.81. The number of benzene rings is 2. The van der Waals surface area contributed by atoms with Gasteiger partial charge in [-0.05, 0) is 49.6 Å². The first-order valence-corrected chi connectivity index (χ1v) is 10.5. The van der Waals surface area contributed by atoms with Crippen molar-refractivity contribution in [3.63, 3.8) is 0 Å². The van der Waals surface area contributed by atoms with Crippen LogP contribution in [0.1, 0.15) is 30.0 Å².